The molecule has 0 bridgehead atoms. The highest BCUT2D eigenvalue weighted by molar-refractivity contribution is 7.98. The number of rotatable bonds is 7. The lowest BCUT2D eigenvalue weighted by atomic mass is 10.2. The van der Waals surface area contributed by atoms with Crippen LogP contribution in [-0.4, -0.2) is 28.6 Å². The average Bonchev–Trinajstić information content (AvgIpc) is 2.74. The Hall–Kier alpha value is -0.680. The smallest absolute Gasteiger partial charge is 0.309 e. The molecule has 1 atom stereocenters. The number of halogens is 1. The molecule has 0 radical (unpaired) electrons. The first-order chi connectivity index (χ1) is 9.04. The van der Waals surface area contributed by atoms with Crippen molar-refractivity contribution in [1.82, 2.24) is 9.78 Å². The van der Waals surface area contributed by atoms with E-state index in [1.807, 2.05) is 25.5 Å². The van der Waals surface area contributed by atoms with E-state index in [-0.39, 0.29) is 11.9 Å². The van der Waals surface area contributed by atoms with Crippen molar-refractivity contribution in [1.29, 1.82) is 0 Å². The van der Waals surface area contributed by atoms with Crippen molar-refractivity contribution in [2.24, 2.45) is 5.92 Å². The van der Waals surface area contributed by atoms with E-state index in [1.165, 1.54) is 7.11 Å². The zero-order valence-electron chi connectivity index (χ0n) is 11.9. The minimum atomic E-state index is -0.170. The molecule has 1 unspecified atom stereocenters. The summed E-state index contributed by atoms with van der Waals surface area (Å²) in [5, 5.41) is 5.24. The molecule has 6 heteroatoms. The van der Waals surface area contributed by atoms with Gasteiger partial charge in [-0.05, 0) is 13.3 Å². The number of hydrogen-bond donors (Lipinski definition) is 0. The molecule has 108 valence electrons. The summed E-state index contributed by atoms with van der Waals surface area (Å²) in [4.78, 5) is 11.3. The lowest BCUT2D eigenvalue weighted by molar-refractivity contribution is -0.143. The summed E-state index contributed by atoms with van der Waals surface area (Å²) >= 11 is 8.00. The molecule has 1 aromatic rings. The Kier molecular flexibility index (Phi) is 6.72. The van der Waals surface area contributed by atoms with Crippen molar-refractivity contribution in [3.63, 3.8) is 0 Å². The summed E-state index contributed by atoms with van der Waals surface area (Å²) in [7, 11) is 1.42. The lowest BCUT2D eigenvalue weighted by Crippen LogP contribution is -2.15. The SMILES string of the molecule is CCc1nn(CC)c(CSCC(C)C(=O)OC)c1Cl. The second-order valence-corrected chi connectivity index (χ2v) is 5.72. The molecule has 1 rings (SSSR count). The van der Waals surface area contributed by atoms with Crippen molar-refractivity contribution < 1.29 is 9.53 Å². The minimum absolute atomic E-state index is 0.0996. The number of hydrogen-bond acceptors (Lipinski definition) is 4. The van der Waals surface area contributed by atoms with Gasteiger partial charge in [0.1, 0.15) is 0 Å². The molecule has 0 spiro atoms. The van der Waals surface area contributed by atoms with Crippen molar-refractivity contribution in [2.45, 2.75) is 39.5 Å². The second kappa shape index (κ2) is 7.80. The first kappa shape index (κ1) is 16.4. The van der Waals surface area contributed by atoms with Crippen LogP contribution in [0.3, 0.4) is 0 Å². The van der Waals surface area contributed by atoms with Crippen LogP contribution in [0.1, 0.15) is 32.2 Å². The van der Waals surface area contributed by atoms with Gasteiger partial charge < -0.3 is 4.74 Å². The third kappa shape index (κ3) is 4.14. The van der Waals surface area contributed by atoms with Crippen molar-refractivity contribution in [3.8, 4) is 0 Å². The Morgan fingerprint density at radius 3 is 2.74 bits per heavy atom. The summed E-state index contributed by atoms with van der Waals surface area (Å²) in [6.45, 7) is 6.77. The number of esters is 1. The first-order valence-electron chi connectivity index (χ1n) is 6.44. The standard InChI is InChI=1S/C13H21ClN2O2S/c1-5-10-12(14)11(16(6-2)15-10)8-19-7-9(3)13(17)18-4/h9H,5-8H2,1-4H3. The summed E-state index contributed by atoms with van der Waals surface area (Å²) in [5.74, 6) is 1.22. The fourth-order valence-corrected chi connectivity index (χ4v) is 3.27. The maximum atomic E-state index is 11.3. The van der Waals surface area contributed by atoms with Gasteiger partial charge in [-0.2, -0.15) is 16.9 Å². The van der Waals surface area contributed by atoms with E-state index in [0.717, 1.165) is 40.9 Å². The third-order valence-corrected chi connectivity index (χ3v) is 4.55. The zero-order valence-corrected chi connectivity index (χ0v) is 13.5. The van der Waals surface area contributed by atoms with E-state index in [9.17, 15) is 4.79 Å². The zero-order chi connectivity index (χ0) is 14.4. The molecule has 4 nitrogen and oxygen atoms in total. The Labute approximate surface area is 123 Å². The number of methoxy groups -OCH3 is 1. The molecular weight excluding hydrogens is 284 g/mol. The van der Waals surface area contributed by atoms with E-state index in [0.29, 0.717) is 0 Å². The third-order valence-electron chi connectivity index (χ3n) is 2.90. The van der Waals surface area contributed by atoms with E-state index in [4.69, 9.17) is 16.3 Å². The van der Waals surface area contributed by atoms with Gasteiger partial charge >= 0.3 is 5.97 Å². The van der Waals surface area contributed by atoms with Crippen molar-refractivity contribution in [3.05, 3.63) is 16.4 Å². The molecule has 0 fully saturated rings. The topological polar surface area (TPSA) is 44.1 Å². The van der Waals surface area contributed by atoms with Gasteiger partial charge in [-0.25, -0.2) is 0 Å². The van der Waals surface area contributed by atoms with Gasteiger partial charge in [-0.3, -0.25) is 9.48 Å². The summed E-state index contributed by atoms with van der Waals surface area (Å²) in [6.07, 6.45) is 0.835. The van der Waals surface area contributed by atoms with E-state index in [1.54, 1.807) is 11.8 Å². The number of aryl methyl sites for hydroxylation is 2. The van der Waals surface area contributed by atoms with Gasteiger partial charge in [0.15, 0.2) is 0 Å². The molecule has 0 saturated carbocycles. The van der Waals surface area contributed by atoms with Crippen molar-refractivity contribution in [2.75, 3.05) is 12.9 Å². The maximum Gasteiger partial charge on any atom is 0.309 e. The highest BCUT2D eigenvalue weighted by Crippen LogP contribution is 2.26. The number of aromatic nitrogens is 2. The predicted molar refractivity (Wildman–Crippen MR) is 79.6 cm³/mol. The van der Waals surface area contributed by atoms with Gasteiger partial charge in [0.2, 0.25) is 0 Å². The molecule has 0 aliphatic carbocycles. The highest BCUT2D eigenvalue weighted by atomic mass is 35.5. The molecule has 19 heavy (non-hydrogen) atoms. The molecular formula is C13H21ClN2O2S. The van der Waals surface area contributed by atoms with Crippen LogP contribution in [0.4, 0.5) is 0 Å². The van der Waals surface area contributed by atoms with Crippen LogP contribution in [0, 0.1) is 5.92 Å². The normalized spacial score (nSPS) is 12.5. The average molecular weight is 305 g/mol. The van der Waals surface area contributed by atoms with Crippen LogP contribution in [0.2, 0.25) is 5.02 Å². The molecule has 0 N–H and O–H groups in total. The number of thioether (sulfide) groups is 1. The second-order valence-electron chi connectivity index (χ2n) is 4.32. The Morgan fingerprint density at radius 2 is 2.21 bits per heavy atom. The van der Waals surface area contributed by atoms with Crippen LogP contribution in [0.15, 0.2) is 0 Å². The lowest BCUT2D eigenvalue weighted by Gasteiger charge is -2.09. The number of nitrogens with zero attached hydrogens (tertiary/aromatic N) is 2. The monoisotopic (exact) mass is 304 g/mol. The summed E-state index contributed by atoms with van der Waals surface area (Å²) in [6, 6.07) is 0. The van der Waals surface area contributed by atoms with E-state index < -0.39 is 0 Å². The molecule has 0 aliphatic heterocycles. The van der Waals surface area contributed by atoms with Gasteiger partial charge in [0.25, 0.3) is 0 Å². The van der Waals surface area contributed by atoms with Crippen molar-refractivity contribution >= 4 is 29.3 Å². The van der Waals surface area contributed by atoms with Crippen LogP contribution < -0.4 is 0 Å². The molecule has 1 heterocycles. The molecule has 0 aromatic carbocycles. The Balaban J connectivity index is 2.62. The highest BCUT2D eigenvalue weighted by Gasteiger charge is 2.16. The molecule has 1 aromatic heterocycles. The maximum absolute atomic E-state index is 11.3. The number of carbonyl (C=O) groups excluding carboxylic acids is 1. The van der Waals surface area contributed by atoms with Gasteiger partial charge in [-0.1, -0.05) is 25.4 Å². The molecule has 0 aliphatic rings. The fraction of sp³-hybridized carbons (Fsp3) is 0.692. The molecule has 0 saturated heterocycles. The molecule has 0 amide bonds. The quantitative estimate of drug-likeness (QED) is 0.726. The van der Waals surface area contributed by atoms with E-state index >= 15 is 0 Å². The minimum Gasteiger partial charge on any atom is -0.469 e. The van der Waals surface area contributed by atoms with Gasteiger partial charge in [-0.15, -0.1) is 0 Å². The van der Waals surface area contributed by atoms with Crippen LogP contribution in [-0.2, 0) is 28.2 Å². The summed E-state index contributed by atoms with van der Waals surface area (Å²) in [5.41, 5.74) is 1.99. The Morgan fingerprint density at radius 1 is 1.53 bits per heavy atom. The Bertz CT molecular complexity index is 435. The number of carbonyl (C=O) groups is 1. The van der Waals surface area contributed by atoms with E-state index in [2.05, 4.69) is 5.10 Å². The van der Waals surface area contributed by atoms with Crippen LogP contribution in [0.5, 0.6) is 0 Å². The van der Waals surface area contributed by atoms with Crippen LogP contribution in [0.25, 0.3) is 0 Å². The van der Waals surface area contributed by atoms with Gasteiger partial charge in [0, 0.05) is 18.1 Å². The number of ether oxygens (including phenoxy) is 1. The fourth-order valence-electron chi connectivity index (χ4n) is 1.76. The largest absolute Gasteiger partial charge is 0.469 e. The predicted octanol–water partition coefficient (Wildman–Crippen LogP) is 3.16. The van der Waals surface area contributed by atoms with Crippen LogP contribution >= 0.6 is 23.4 Å². The van der Waals surface area contributed by atoms with Gasteiger partial charge in [0.05, 0.1) is 29.4 Å². The first-order valence-corrected chi connectivity index (χ1v) is 7.97. The summed E-state index contributed by atoms with van der Waals surface area (Å²) < 4.78 is 6.65.